The van der Waals surface area contributed by atoms with Crippen LogP contribution in [0.3, 0.4) is 0 Å². The quantitative estimate of drug-likeness (QED) is 0.893. The van der Waals surface area contributed by atoms with E-state index in [0.717, 1.165) is 30.1 Å². The van der Waals surface area contributed by atoms with Crippen LogP contribution in [0.5, 0.6) is 5.75 Å². The van der Waals surface area contributed by atoms with E-state index in [-0.39, 0.29) is 0 Å². The highest BCUT2D eigenvalue weighted by atomic mass is 16.5. The molecular formula is C16H20N2O. The van der Waals surface area contributed by atoms with Gasteiger partial charge in [-0.1, -0.05) is 18.2 Å². The van der Waals surface area contributed by atoms with Crippen molar-refractivity contribution in [2.24, 2.45) is 0 Å². The second-order valence-corrected chi connectivity index (χ2v) is 4.67. The maximum absolute atomic E-state index is 5.26. The molecular weight excluding hydrogens is 236 g/mol. The summed E-state index contributed by atoms with van der Waals surface area (Å²) in [5.74, 6) is 0.935. The van der Waals surface area contributed by atoms with E-state index in [9.17, 15) is 0 Å². The molecule has 19 heavy (non-hydrogen) atoms. The molecule has 0 amide bonds. The Morgan fingerprint density at radius 2 is 1.95 bits per heavy atom. The van der Waals surface area contributed by atoms with Gasteiger partial charge in [0.1, 0.15) is 5.75 Å². The minimum atomic E-state index is 0.789. The zero-order valence-electron chi connectivity index (χ0n) is 11.7. The molecule has 0 unspecified atom stereocenters. The minimum absolute atomic E-state index is 0.789. The number of pyridine rings is 1. The Labute approximate surface area is 114 Å². The van der Waals surface area contributed by atoms with Gasteiger partial charge in [-0.2, -0.15) is 0 Å². The summed E-state index contributed by atoms with van der Waals surface area (Å²) >= 11 is 0. The number of hydrogen-bond donors (Lipinski definition) is 1. The number of aromatic nitrogens is 1. The van der Waals surface area contributed by atoms with Gasteiger partial charge < -0.3 is 10.1 Å². The van der Waals surface area contributed by atoms with Crippen LogP contribution in [0, 0.1) is 13.8 Å². The Hall–Kier alpha value is -1.87. The molecule has 0 fully saturated rings. The molecule has 0 saturated carbocycles. The topological polar surface area (TPSA) is 34.1 Å². The maximum atomic E-state index is 5.26. The summed E-state index contributed by atoms with van der Waals surface area (Å²) in [6, 6.07) is 10.3. The molecule has 2 aromatic rings. The molecule has 1 aromatic carbocycles. The summed E-state index contributed by atoms with van der Waals surface area (Å²) in [7, 11) is 1.70. The van der Waals surface area contributed by atoms with E-state index in [1.807, 2.05) is 18.3 Å². The van der Waals surface area contributed by atoms with Crippen LogP contribution in [0.25, 0.3) is 0 Å². The van der Waals surface area contributed by atoms with Gasteiger partial charge in [0, 0.05) is 19.3 Å². The lowest BCUT2D eigenvalue weighted by atomic mass is 10.1. The van der Waals surface area contributed by atoms with E-state index in [2.05, 4.69) is 42.3 Å². The van der Waals surface area contributed by atoms with Crippen molar-refractivity contribution in [2.75, 3.05) is 7.11 Å². The fraction of sp³-hybridized carbons (Fsp3) is 0.312. The highest BCUT2D eigenvalue weighted by Gasteiger charge is 2.01. The summed E-state index contributed by atoms with van der Waals surface area (Å²) in [5.41, 5.74) is 4.75. The third-order valence-corrected chi connectivity index (χ3v) is 3.20. The number of methoxy groups -OCH3 is 1. The van der Waals surface area contributed by atoms with E-state index in [4.69, 9.17) is 4.74 Å². The molecule has 0 bridgehead atoms. The summed E-state index contributed by atoms with van der Waals surface area (Å²) in [6.45, 7) is 5.77. The Morgan fingerprint density at radius 1 is 1.11 bits per heavy atom. The van der Waals surface area contributed by atoms with Crippen LogP contribution in [0.1, 0.15) is 22.4 Å². The molecule has 0 aliphatic carbocycles. The van der Waals surface area contributed by atoms with Crippen molar-refractivity contribution in [2.45, 2.75) is 26.9 Å². The van der Waals surface area contributed by atoms with Crippen molar-refractivity contribution in [3.63, 3.8) is 0 Å². The van der Waals surface area contributed by atoms with Crippen LogP contribution >= 0.6 is 0 Å². The largest absolute Gasteiger partial charge is 0.496 e. The molecule has 3 nitrogen and oxygen atoms in total. The van der Waals surface area contributed by atoms with Crippen molar-refractivity contribution < 1.29 is 4.74 Å². The molecule has 0 aliphatic heterocycles. The first-order valence-electron chi connectivity index (χ1n) is 6.45. The smallest absolute Gasteiger partial charge is 0.121 e. The van der Waals surface area contributed by atoms with E-state index < -0.39 is 0 Å². The lowest BCUT2D eigenvalue weighted by Crippen LogP contribution is -2.14. The first-order chi connectivity index (χ1) is 9.20. The SMILES string of the molecule is COc1ccc(CNCc2ncccc2C)cc1C. The van der Waals surface area contributed by atoms with E-state index in [1.54, 1.807) is 7.11 Å². The molecule has 1 N–H and O–H groups in total. The average Bonchev–Trinajstić information content (AvgIpc) is 2.41. The third-order valence-electron chi connectivity index (χ3n) is 3.20. The lowest BCUT2D eigenvalue weighted by molar-refractivity contribution is 0.411. The molecule has 1 heterocycles. The van der Waals surface area contributed by atoms with Crippen molar-refractivity contribution in [1.82, 2.24) is 10.3 Å². The number of aryl methyl sites for hydroxylation is 2. The third kappa shape index (κ3) is 3.55. The molecule has 0 spiro atoms. The summed E-state index contributed by atoms with van der Waals surface area (Å²) in [4.78, 5) is 4.37. The second kappa shape index (κ2) is 6.34. The van der Waals surface area contributed by atoms with E-state index >= 15 is 0 Å². The number of nitrogens with one attached hydrogen (secondary N) is 1. The number of nitrogens with zero attached hydrogens (tertiary/aromatic N) is 1. The van der Waals surface area contributed by atoms with Crippen LogP contribution in [-0.4, -0.2) is 12.1 Å². The van der Waals surface area contributed by atoms with Crippen LogP contribution in [-0.2, 0) is 13.1 Å². The van der Waals surface area contributed by atoms with Gasteiger partial charge >= 0.3 is 0 Å². The second-order valence-electron chi connectivity index (χ2n) is 4.67. The molecule has 0 atom stereocenters. The van der Waals surface area contributed by atoms with Gasteiger partial charge in [0.2, 0.25) is 0 Å². The zero-order valence-corrected chi connectivity index (χ0v) is 11.7. The van der Waals surface area contributed by atoms with Gasteiger partial charge in [0.15, 0.2) is 0 Å². The van der Waals surface area contributed by atoms with Crippen LogP contribution in [0.15, 0.2) is 36.5 Å². The normalized spacial score (nSPS) is 10.5. The minimum Gasteiger partial charge on any atom is -0.496 e. The van der Waals surface area contributed by atoms with Gasteiger partial charge in [-0.05, 0) is 42.7 Å². The maximum Gasteiger partial charge on any atom is 0.121 e. The van der Waals surface area contributed by atoms with Gasteiger partial charge in [-0.3, -0.25) is 4.98 Å². The van der Waals surface area contributed by atoms with Crippen LogP contribution < -0.4 is 10.1 Å². The van der Waals surface area contributed by atoms with Gasteiger partial charge in [-0.15, -0.1) is 0 Å². The summed E-state index contributed by atoms with van der Waals surface area (Å²) in [6.07, 6.45) is 1.83. The predicted molar refractivity (Wildman–Crippen MR) is 77.2 cm³/mol. The molecule has 0 aliphatic rings. The van der Waals surface area contributed by atoms with Gasteiger partial charge in [0.25, 0.3) is 0 Å². The van der Waals surface area contributed by atoms with Crippen LogP contribution in [0.4, 0.5) is 0 Å². The highest BCUT2D eigenvalue weighted by Crippen LogP contribution is 2.18. The lowest BCUT2D eigenvalue weighted by Gasteiger charge is -2.09. The molecule has 3 heteroatoms. The predicted octanol–water partition coefficient (Wildman–Crippen LogP) is 3.00. The number of rotatable bonds is 5. The highest BCUT2D eigenvalue weighted by molar-refractivity contribution is 5.36. The van der Waals surface area contributed by atoms with Gasteiger partial charge in [-0.25, -0.2) is 0 Å². The van der Waals surface area contributed by atoms with Crippen molar-refractivity contribution in [3.8, 4) is 5.75 Å². The Balaban J connectivity index is 1.93. The number of benzene rings is 1. The van der Waals surface area contributed by atoms with Crippen molar-refractivity contribution >= 4 is 0 Å². The monoisotopic (exact) mass is 256 g/mol. The molecule has 0 saturated heterocycles. The molecule has 100 valence electrons. The molecule has 0 radical (unpaired) electrons. The first kappa shape index (κ1) is 13.6. The first-order valence-corrected chi connectivity index (χ1v) is 6.45. The Kier molecular flexibility index (Phi) is 4.53. The Morgan fingerprint density at radius 3 is 2.63 bits per heavy atom. The fourth-order valence-corrected chi connectivity index (χ4v) is 2.08. The van der Waals surface area contributed by atoms with Gasteiger partial charge in [0.05, 0.1) is 12.8 Å². The summed E-state index contributed by atoms with van der Waals surface area (Å²) in [5, 5.41) is 3.42. The fourth-order valence-electron chi connectivity index (χ4n) is 2.08. The van der Waals surface area contributed by atoms with E-state index in [1.165, 1.54) is 11.1 Å². The summed E-state index contributed by atoms with van der Waals surface area (Å²) < 4.78 is 5.26. The zero-order chi connectivity index (χ0) is 13.7. The number of ether oxygens (including phenoxy) is 1. The number of hydrogen-bond acceptors (Lipinski definition) is 3. The van der Waals surface area contributed by atoms with Crippen LogP contribution in [0.2, 0.25) is 0 Å². The standard InChI is InChI=1S/C16H20N2O/c1-12-5-4-8-18-15(12)11-17-10-14-6-7-16(19-3)13(2)9-14/h4-9,17H,10-11H2,1-3H3. The molecule has 2 rings (SSSR count). The van der Waals surface area contributed by atoms with E-state index in [0.29, 0.717) is 0 Å². The van der Waals surface area contributed by atoms with Crippen molar-refractivity contribution in [3.05, 3.63) is 58.9 Å². The average molecular weight is 256 g/mol. The molecule has 1 aromatic heterocycles. The van der Waals surface area contributed by atoms with Crippen molar-refractivity contribution in [1.29, 1.82) is 0 Å². The Bertz CT molecular complexity index is 552.